The van der Waals surface area contributed by atoms with E-state index in [9.17, 15) is 39.3 Å². The number of carbonyl (C=O) groups is 5. The first-order valence-corrected chi connectivity index (χ1v) is 17.7. The first kappa shape index (κ1) is 42.9. The van der Waals surface area contributed by atoms with Crippen LogP contribution in [0.5, 0.6) is 28.7 Å². The average Bonchev–Trinajstić information content (AvgIpc) is 3.27. The van der Waals surface area contributed by atoms with Crippen LogP contribution in [0.2, 0.25) is 5.02 Å². The summed E-state index contributed by atoms with van der Waals surface area (Å²) in [5.41, 5.74) is 2.08. The molecule has 4 N–H and O–H groups in total. The van der Waals surface area contributed by atoms with Gasteiger partial charge in [-0.05, 0) is 87.0 Å². The lowest BCUT2D eigenvalue weighted by molar-refractivity contribution is -0.139. The van der Waals surface area contributed by atoms with Crippen LogP contribution in [0, 0.1) is 13.8 Å². The van der Waals surface area contributed by atoms with Crippen LogP contribution in [0.15, 0.2) is 76.5 Å². The number of aromatic hydroxyl groups is 2. The quantitative estimate of drug-likeness (QED) is 0.0485. The van der Waals surface area contributed by atoms with Gasteiger partial charge in [0, 0.05) is 39.1 Å². The Bertz CT molecular complexity index is 2320. The second-order valence-electron chi connectivity index (χ2n) is 12.5. The molecule has 0 radical (unpaired) electrons. The van der Waals surface area contributed by atoms with E-state index in [1.165, 1.54) is 40.3 Å². The van der Waals surface area contributed by atoms with Gasteiger partial charge in [-0.3, -0.25) is 4.79 Å². The molecule has 0 amide bonds. The Labute approximate surface area is 336 Å². The van der Waals surface area contributed by atoms with Crippen molar-refractivity contribution in [3.63, 3.8) is 0 Å². The van der Waals surface area contributed by atoms with E-state index >= 15 is 0 Å². The van der Waals surface area contributed by atoms with Crippen molar-refractivity contribution in [3.05, 3.63) is 116 Å². The molecule has 16 heteroatoms. The highest BCUT2D eigenvalue weighted by Crippen LogP contribution is 2.50. The number of ether oxygens (including phenoxy) is 3. The number of hydrogen-bond donors (Lipinski definition) is 4. The van der Waals surface area contributed by atoms with Gasteiger partial charge in [-0.1, -0.05) is 47.6 Å². The number of aryl methyl sites for hydroxylation is 1. The third-order valence-corrected chi connectivity index (χ3v) is 9.81. The van der Waals surface area contributed by atoms with Gasteiger partial charge in [0.15, 0.2) is 23.5 Å². The summed E-state index contributed by atoms with van der Waals surface area (Å²) in [6.07, 6.45) is 4.68. The average molecular weight is 825 g/mol. The van der Waals surface area contributed by atoms with Crippen LogP contribution in [0.3, 0.4) is 0 Å². The number of carboxylic acids is 2. The van der Waals surface area contributed by atoms with Crippen LogP contribution >= 0.6 is 35.8 Å². The van der Waals surface area contributed by atoms with Crippen molar-refractivity contribution in [1.82, 2.24) is 4.90 Å². The van der Waals surface area contributed by atoms with Crippen molar-refractivity contribution < 1.29 is 58.6 Å². The van der Waals surface area contributed by atoms with E-state index in [-0.39, 0.29) is 41.1 Å². The summed E-state index contributed by atoms with van der Waals surface area (Å²) < 4.78 is 15.9. The molecule has 0 aromatic heterocycles. The molecule has 6 rings (SSSR count). The molecule has 13 nitrogen and oxygen atoms in total. The number of rotatable bonds is 9. The minimum absolute atomic E-state index is 0. The van der Waals surface area contributed by atoms with Gasteiger partial charge in [0.25, 0.3) is 0 Å². The zero-order valence-corrected chi connectivity index (χ0v) is 32.6. The third kappa shape index (κ3) is 9.17. The molecule has 2 aliphatic heterocycles. The second kappa shape index (κ2) is 18.2. The number of aromatic carboxylic acids is 1. The number of phenolic OH excluding ortho intramolecular Hbond substituents is 1. The number of aliphatic carboxylic acids is 1. The standard InChI is InChI=1S/C22H16O12.C18H18ClNS.ClH/c1-8-5-12(24)10(6-23)19-15(8)22(31)34-20-11(7-32-14(27)4-3-13(25)26)17(28)16(21(29)30)9(2)18(20)33-19;1-20(2)11-5-7-14-15-6-3-4-8-17(15)21-18-10-9-13(19)12-16(14)18;/h3-6,24,28H,7H2,1-2H3,(H,25,26)(H,29,30);3-4,6-10,12H,5,11H2,1-2H3;1H. The second-order valence-corrected chi connectivity index (χ2v) is 14.0. The zero-order chi connectivity index (χ0) is 40.1. The van der Waals surface area contributed by atoms with Gasteiger partial charge in [-0.25, -0.2) is 19.2 Å². The summed E-state index contributed by atoms with van der Waals surface area (Å²) in [4.78, 5) is 63.4. The normalized spacial score (nSPS) is 13.0. The number of phenols is 2. The molecule has 56 heavy (non-hydrogen) atoms. The highest BCUT2D eigenvalue weighted by atomic mass is 35.5. The molecule has 0 saturated heterocycles. The number of aldehydes is 1. The summed E-state index contributed by atoms with van der Waals surface area (Å²) in [6.45, 7) is 2.88. The first-order chi connectivity index (χ1) is 26.1. The molecule has 0 saturated carbocycles. The highest BCUT2D eigenvalue weighted by molar-refractivity contribution is 7.99. The minimum atomic E-state index is -1.60. The van der Waals surface area contributed by atoms with Crippen molar-refractivity contribution >= 4 is 71.5 Å². The Morgan fingerprint density at radius 2 is 1.62 bits per heavy atom. The first-order valence-electron chi connectivity index (χ1n) is 16.5. The summed E-state index contributed by atoms with van der Waals surface area (Å²) in [7, 11) is 4.21. The minimum Gasteiger partial charge on any atom is -0.507 e. The topological polar surface area (TPSA) is 197 Å². The maximum atomic E-state index is 12.9. The van der Waals surface area contributed by atoms with Crippen LogP contribution in [0.4, 0.5) is 0 Å². The van der Waals surface area contributed by atoms with E-state index in [1.54, 1.807) is 0 Å². The third-order valence-electron chi connectivity index (χ3n) is 8.42. The lowest BCUT2D eigenvalue weighted by atomic mass is 9.96. The number of carboxylic acid groups (broad SMARTS) is 2. The van der Waals surface area contributed by atoms with Crippen LogP contribution < -0.4 is 9.47 Å². The van der Waals surface area contributed by atoms with Crippen LogP contribution in [-0.2, 0) is 20.9 Å². The van der Waals surface area contributed by atoms with Crippen LogP contribution in [0.1, 0.15) is 65.3 Å². The van der Waals surface area contributed by atoms with Crippen molar-refractivity contribution in [2.75, 3.05) is 20.6 Å². The Balaban J connectivity index is 0.000000271. The summed E-state index contributed by atoms with van der Waals surface area (Å²) in [5, 5.41) is 39.7. The van der Waals surface area contributed by atoms with Gasteiger partial charge in [0.05, 0.1) is 11.1 Å². The van der Waals surface area contributed by atoms with E-state index < -0.39 is 70.2 Å². The van der Waals surface area contributed by atoms with Gasteiger partial charge < -0.3 is 39.5 Å². The van der Waals surface area contributed by atoms with E-state index in [4.69, 9.17) is 30.9 Å². The van der Waals surface area contributed by atoms with Gasteiger partial charge in [-0.15, -0.1) is 12.4 Å². The van der Waals surface area contributed by atoms with E-state index in [2.05, 4.69) is 61.5 Å². The number of hydrogen-bond acceptors (Lipinski definition) is 12. The summed E-state index contributed by atoms with van der Waals surface area (Å²) >= 11 is 8.03. The Kier molecular flexibility index (Phi) is 14.0. The number of fused-ring (bicyclic) bond motifs is 4. The smallest absolute Gasteiger partial charge is 0.347 e. The molecule has 4 aromatic carbocycles. The van der Waals surface area contributed by atoms with Crippen molar-refractivity contribution in [1.29, 1.82) is 0 Å². The Hall–Kier alpha value is -5.80. The lowest BCUT2D eigenvalue weighted by Crippen LogP contribution is -2.13. The summed E-state index contributed by atoms with van der Waals surface area (Å²) in [5.74, 6) is -7.91. The molecule has 292 valence electrons. The fraction of sp³-hybridized carbons (Fsp3) is 0.175. The lowest BCUT2D eigenvalue weighted by Gasteiger charge is -2.22. The predicted molar refractivity (Wildman–Crippen MR) is 209 cm³/mol. The van der Waals surface area contributed by atoms with Crippen molar-refractivity contribution in [2.45, 2.75) is 36.7 Å². The fourth-order valence-corrected chi connectivity index (χ4v) is 7.11. The van der Waals surface area contributed by atoms with Crippen LogP contribution in [0.25, 0.3) is 5.57 Å². The monoisotopic (exact) mass is 823 g/mol. The molecule has 2 heterocycles. The van der Waals surface area contributed by atoms with Gasteiger partial charge in [0.1, 0.15) is 29.2 Å². The molecular weight excluding hydrogens is 789 g/mol. The molecular formula is C40H35Cl2NO12S. The summed E-state index contributed by atoms with van der Waals surface area (Å²) in [6, 6.07) is 15.9. The van der Waals surface area contributed by atoms with E-state index in [0.717, 1.165) is 24.1 Å². The number of halogens is 2. The van der Waals surface area contributed by atoms with Gasteiger partial charge >= 0.3 is 23.9 Å². The molecule has 4 aromatic rings. The number of benzene rings is 4. The highest BCUT2D eigenvalue weighted by Gasteiger charge is 2.36. The van der Waals surface area contributed by atoms with Crippen molar-refractivity contribution in [2.24, 2.45) is 0 Å². The fourth-order valence-electron chi connectivity index (χ4n) is 5.85. The number of nitrogens with zero attached hydrogens (tertiary/aromatic N) is 1. The number of esters is 2. The maximum absolute atomic E-state index is 12.9. The molecule has 0 bridgehead atoms. The molecule has 0 atom stereocenters. The van der Waals surface area contributed by atoms with Crippen LogP contribution in [-0.4, -0.2) is 76.1 Å². The molecule has 0 aliphatic carbocycles. The van der Waals surface area contributed by atoms with Gasteiger partial charge in [-0.2, -0.15) is 0 Å². The zero-order valence-electron chi connectivity index (χ0n) is 30.2. The maximum Gasteiger partial charge on any atom is 0.347 e. The Morgan fingerprint density at radius 3 is 2.29 bits per heavy atom. The van der Waals surface area contributed by atoms with Crippen molar-refractivity contribution in [3.8, 4) is 28.7 Å². The Morgan fingerprint density at radius 1 is 0.929 bits per heavy atom. The van der Waals surface area contributed by atoms with E-state index in [1.807, 2.05) is 17.8 Å². The molecule has 0 unspecified atom stereocenters. The number of carbonyl (C=O) groups excluding carboxylic acids is 3. The molecule has 0 fully saturated rings. The SMILES string of the molecule is CN(C)CCC=C1c2ccccc2Sc2ccc(Cl)cc21.Cc1cc(O)c(C=O)c2c1C(=O)Oc1c(COC(=O)C=CC(=O)O)c(O)c(C(=O)O)c(C)c1O2.Cl. The molecule has 0 spiro atoms. The largest absolute Gasteiger partial charge is 0.507 e. The van der Waals surface area contributed by atoms with E-state index in [0.29, 0.717) is 12.2 Å². The molecule has 2 aliphatic rings. The predicted octanol–water partition coefficient (Wildman–Crippen LogP) is 7.84. The van der Waals surface area contributed by atoms with Gasteiger partial charge in [0.2, 0.25) is 0 Å².